The van der Waals surface area contributed by atoms with Crippen molar-refractivity contribution in [3.8, 4) is 5.69 Å². The summed E-state index contributed by atoms with van der Waals surface area (Å²) in [5.41, 5.74) is 0.983. The van der Waals surface area contributed by atoms with Crippen molar-refractivity contribution >= 4 is 5.95 Å². The molecule has 1 aromatic heterocycles. The maximum absolute atomic E-state index is 4.14. The van der Waals surface area contributed by atoms with Gasteiger partial charge in [0.2, 0.25) is 5.95 Å². The summed E-state index contributed by atoms with van der Waals surface area (Å²) < 4.78 is 1.77. The lowest BCUT2D eigenvalue weighted by molar-refractivity contribution is 0.252. The maximum Gasteiger partial charge on any atom is 0.247 e. The Hall–Kier alpha value is -1.91. The molecule has 3 rings (SSSR count). The molecule has 1 aliphatic rings. The van der Waals surface area contributed by atoms with E-state index in [1.54, 1.807) is 4.68 Å². The minimum atomic E-state index is 0.451. The van der Waals surface area contributed by atoms with Gasteiger partial charge >= 0.3 is 0 Å². The summed E-state index contributed by atoms with van der Waals surface area (Å²) >= 11 is 0. The third kappa shape index (κ3) is 2.53. The molecule has 3 atom stereocenters. The fourth-order valence-electron chi connectivity index (χ4n) is 2.97. The highest BCUT2D eigenvalue weighted by Crippen LogP contribution is 2.31. The summed E-state index contributed by atoms with van der Waals surface area (Å²) in [7, 11) is 0. The number of benzene rings is 1. The molecule has 0 spiro atoms. The zero-order chi connectivity index (χ0) is 13.9. The predicted octanol–water partition coefficient (Wildman–Crippen LogP) is 2.90. The molecule has 0 aliphatic heterocycles. The predicted molar refractivity (Wildman–Crippen MR) is 78.7 cm³/mol. The average molecular weight is 271 g/mol. The van der Waals surface area contributed by atoms with Crippen LogP contribution in [0.3, 0.4) is 0 Å². The Kier molecular flexibility index (Phi) is 3.67. The third-order valence-electron chi connectivity index (χ3n) is 4.49. The number of nitrogens with one attached hydrogen (secondary N) is 1. The minimum Gasteiger partial charge on any atom is -0.350 e. The van der Waals surface area contributed by atoms with Gasteiger partial charge in [0.15, 0.2) is 0 Å². The molecule has 1 fully saturated rings. The van der Waals surface area contributed by atoms with Crippen LogP contribution >= 0.6 is 0 Å². The molecule has 20 heavy (non-hydrogen) atoms. The van der Waals surface area contributed by atoms with E-state index in [-0.39, 0.29) is 0 Å². The molecule has 2 aromatic rings. The first kappa shape index (κ1) is 13.1. The van der Waals surface area contributed by atoms with E-state index in [0.717, 1.165) is 17.6 Å². The van der Waals surface area contributed by atoms with Crippen molar-refractivity contribution in [1.29, 1.82) is 0 Å². The van der Waals surface area contributed by atoms with Gasteiger partial charge < -0.3 is 5.32 Å². The fourth-order valence-corrected chi connectivity index (χ4v) is 2.97. The number of rotatable bonds is 3. The molecule has 1 aliphatic carbocycles. The van der Waals surface area contributed by atoms with E-state index >= 15 is 0 Å². The number of tetrazole rings is 1. The highest BCUT2D eigenvalue weighted by Gasteiger charge is 2.28. The Labute approximate surface area is 119 Å². The first-order valence-corrected chi connectivity index (χ1v) is 7.36. The summed E-state index contributed by atoms with van der Waals surface area (Å²) in [6.45, 7) is 4.65. The summed E-state index contributed by atoms with van der Waals surface area (Å²) in [6.07, 6.45) is 3.78. The number of aromatic nitrogens is 4. The minimum absolute atomic E-state index is 0.451. The second-order valence-corrected chi connectivity index (χ2v) is 5.77. The zero-order valence-corrected chi connectivity index (χ0v) is 12.0. The van der Waals surface area contributed by atoms with Gasteiger partial charge in [-0.05, 0) is 40.8 Å². The van der Waals surface area contributed by atoms with Crippen molar-refractivity contribution in [2.45, 2.75) is 39.2 Å². The number of para-hydroxylation sites is 1. The molecule has 0 unspecified atom stereocenters. The van der Waals surface area contributed by atoms with Crippen molar-refractivity contribution in [1.82, 2.24) is 20.2 Å². The highest BCUT2D eigenvalue weighted by molar-refractivity contribution is 5.39. The number of nitrogens with zero attached hydrogens (tertiary/aromatic N) is 4. The molecule has 0 saturated heterocycles. The number of hydrogen-bond acceptors (Lipinski definition) is 4. The largest absolute Gasteiger partial charge is 0.350 e. The normalized spacial score (nSPS) is 26.4. The van der Waals surface area contributed by atoms with Crippen LogP contribution in [0.2, 0.25) is 0 Å². The van der Waals surface area contributed by atoms with Gasteiger partial charge in [0, 0.05) is 6.04 Å². The van der Waals surface area contributed by atoms with Crippen molar-refractivity contribution in [3.05, 3.63) is 30.3 Å². The molecular formula is C15H21N5. The molecule has 0 bridgehead atoms. The molecular weight excluding hydrogens is 250 g/mol. The van der Waals surface area contributed by atoms with Gasteiger partial charge in [0.1, 0.15) is 0 Å². The highest BCUT2D eigenvalue weighted by atomic mass is 15.6. The lowest BCUT2D eigenvalue weighted by Crippen LogP contribution is -2.35. The smallest absolute Gasteiger partial charge is 0.247 e. The number of hydrogen-bond donors (Lipinski definition) is 1. The van der Waals surface area contributed by atoms with E-state index in [1.165, 1.54) is 19.3 Å². The Morgan fingerprint density at radius 2 is 1.95 bits per heavy atom. The lowest BCUT2D eigenvalue weighted by Gasteiger charge is -2.34. The Morgan fingerprint density at radius 1 is 1.15 bits per heavy atom. The Morgan fingerprint density at radius 3 is 2.75 bits per heavy atom. The van der Waals surface area contributed by atoms with Crippen molar-refractivity contribution < 1.29 is 0 Å². The molecule has 106 valence electrons. The van der Waals surface area contributed by atoms with Crippen LogP contribution in [0.25, 0.3) is 5.69 Å². The standard InChI is InChI=1S/C15H21N5/c1-11-7-6-10-14(12(11)2)16-15-17-18-19-20(15)13-8-4-3-5-9-13/h3-5,8-9,11-12,14H,6-7,10H2,1-2H3,(H,16,17,19)/t11-,12+,14-/m0/s1. The first-order valence-electron chi connectivity index (χ1n) is 7.36. The second-order valence-electron chi connectivity index (χ2n) is 5.77. The van der Waals surface area contributed by atoms with Gasteiger partial charge in [0.05, 0.1) is 5.69 Å². The summed E-state index contributed by atoms with van der Waals surface area (Å²) in [5.74, 6) is 2.13. The third-order valence-corrected chi connectivity index (χ3v) is 4.49. The van der Waals surface area contributed by atoms with Gasteiger partial charge in [-0.1, -0.05) is 50.0 Å². The van der Waals surface area contributed by atoms with Crippen LogP contribution < -0.4 is 5.32 Å². The fraction of sp³-hybridized carbons (Fsp3) is 0.533. The molecule has 1 aromatic carbocycles. The van der Waals surface area contributed by atoms with Crippen LogP contribution in [-0.2, 0) is 0 Å². The zero-order valence-electron chi connectivity index (χ0n) is 12.0. The van der Waals surface area contributed by atoms with E-state index in [1.807, 2.05) is 30.3 Å². The van der Waals surface area contributed by atoms with Crippen LogP contribution in [0.1, 0.15) is 33.1 Å². The molecule has 1 N–H and O–H groups in total. The van der Waals surface area contributed by atoms with Crippen LogP contribution in [0.4, 0.5) is 5.95 Å². The van der Waals surface area contributed by atoms with E-state index < -0.39 is 0 Å². The number of anilines is 1. The quantitative estimate of drug-likeness (QED) is 0.932. The average Bonchev–Trinajstić information content (AvgIpc) is 2.93. The topological polar surface area (TPSA) is 55.6 Å². The summed E-state index contributed by atoms with van der Waals surface area (Å²) in [4.78, 5) is 0. The van der Waals surface area contributed by atoms with Gasteiger partial charge in [-0.15, -0.1) is 0 Å². The van der Waals surface area contributed by atoms with E-state index in [4.69, 9.17) is 0 Å². The van der Waals surface area contributed by atoms with E-state index in [0.29, 0.717) is 12.0 Å². The second kappa shape index (κ2) is 5.61. The van der Waals surface area contributed by atoms with E-state index in [9.17, 15) is 0 Å². The monoisotopic (exact) mass is 271 g/mol. The molecule has 1 heterocycles. The molecule has 0 radical (unpaired) electrons. The van der Waals surface area contributed by atoms with Crippen molar-refractivity contribution in [3.63, 3.8) is 0 Å². The van der Waals surface area contributed by atoms with Crippen molar-refractivity contribution in [2.24, 2.45) is 11.8 Å². The summed E-state index contributed by atoms with van der Waals surface area (Å²) in [6, 6.07) is 10.4. The van der Waals surface area contributed by atoms with Crippen molar-refractivity contribution in [2.75, 3.05) is 5.32 Å². The van der Waals surface area contributed by atoms with Crippen LogP contribution in [0.5, 0.6) is 0 Å². The van der Waals surface area contributed by atoms with Crippen LogP contribution in [0.15, 0.2) is 30.3 Å². The SMILES string of the molecule is C[C@H]1[C@@H](Nc2nnnn2-c2ccccc2)CCC[C@@H]1C. The molecule has 1 saturated carbocycles. The van der Waals surface area contributed by atoms with Gasteiger partial charge in [0.25, 0.3) is 0 Å². The van der Waals surface area contributed by atoms with Gasteiger partial charge in [-0.3, -0.25) is 0 Å². The Bertz CT molecular complexity index is 550. The lowest BCUT2D eigenvalue weighted by atomic mass is 9.78. The van der Waals surface area contributed by atoms with Crippen LogP contribution in [-0.4, -0.2) is 26.2 Å². The molecule has 5 heteroatoms. The van der Waals surface area contributed by atoms with Crippen LogP contribution in [0, 0.1) is 11.8 Å². The maximum atomic E-state index is 4.14. The summed E-state index contributed by atoms with van der Waals surface area (Å²) in [5, 5.41) is 15.6. The van der Waals surface area contributed by atoms with Gasteiger partial charge in [-0.2, -0.15) is 4.68 Å². The Balaban J connectivity index is 1.80. The molecule has 0 amide bonds. The first-order chi connectivity index (χ1) is 9.75. The van der Waals surface area contributed by atoms with Gasteiger partial charge in [-0.25, -0.2) is 0 Å². The molecule has 5 nitrogen and oxygen atoms in total. The van der Waals surface area contributed by atoms with E-state index in [2.05, 4.69) is 34.7 Å².